The largest absolute Gasteiger partial charge is 0.213 e. The zero-order valence-corrected chi connectivity index (χ0v) is 8.86. The minimum absolute atomic E-state index is 0.121. The average molecular weight is 217 g/mol. The van der Waals surface area contributed by atoms with Crippen LogP contribution in [0.4, 0.5) is 4.39 Å². The van der Waals surface area contributed by atoms with Gasteiger partial charge in [-0.05, 0) is 24.1 Å². The molecule has 0 aromatic heterocycles. The highest BCUT2D eigenvalue weighted by Gasteiger charge is 2.02. The molecule has 0 fully saturated rings. The van der Waals surface area contributed by atoms with Crippen LogP contribution in [-0.4, -0.2) is 14.7 Å². The molecule has 0 saturated heterocycles. The van der Waals surface area contributed by atoms with Gasteiger partial charge in [0.15, 0.2) is 0 Å². The van der Waals surface area contributed by atoms with Crippen LogP contribution < -0.4 is 4.72 Å². The van der Waals surface area contributed by atoms with E-state index in [-0.39, 0.29) is 12.4 Å². The number of nitrogens with one attached hydrogen (secondary N) is 1. The van der Waals surface area contributed by atoms with Gasteiger partial charge in [0.05, 0.1) is 6.26 Å². The molecule has 0 aliphatic rings. The third-order valence-corrected chi connectivity index (χ3v) is 2.44. The van der Waals surface area contributed by atoms with Crippen molar-refractivity contribution in [3.8, 4) is 0 Å². The summed E-state index contributed by atoms with van der Waals surface area (Å²) in [6, 6.07) is 4.64. The molecule has 14 heavy (non-hydrogen) atoms. The lowest BCUT2D eigenvalue weighted by molar-refractivity contribution is 0.586. The Labute approximate surface area is 83.0 Å². The third-order valence-electron chi connectivity index (χ3n) is 1.77. The van der Waals surface area contributed by atoms with E-state index in [0.29, 0.717) is 11.1 Å². The Hall–Kier alpha value is -0.940. The van der Waals surface area contributed by atoms with Gasteiger partial charge in [0.1, 0.15) is 5.82 Å². The maximum Gasteiger partial charge on any atom is 0.209 e. The Bertz CT molecular complexity index is 428. The van der Waals surface area contributed by atoms with Crippen LogP contribution in [0.5, 0.6) is 0 Å². The van der Waals surface area contributed by atoms with Gasteiger partial charge in [0.25, 0.3) is 0 Å². The normalized spacial score (nSPS) is 11.6. The van der Waals surface area contributed by atoms with E-state index >= 15 is 0 Å². The predicted octanol–water partition coefficient (Wildman–Crippen LogP) is 1.18. The first-order valence-corrected chi connectivity index (χ1v) is 5.97. The molecule has 5 heteroatoms. The van der Waals surface area contributed by atoms with Crippen LogP contribution in [0.2, 0.25) is 0 Å². The summed E-state index contributed by atoms with van der Waals surface area (Å²) in [6.07, 6.45) is 1.07. The van der Waals surface area contributed by atoms with E-state index in [2.05, 4.69) is 4.72 Å². The topological polar surface area (TPSA) is 46.2 Å². The van der Waals surface area contributed by atoms with Crippen LogP contribution in [0.15, 0.2) is 18.2 Å². The van der Waals surface area contributed by atoms with Gasteiger partial charge < -0.3 is 0 Å². The lowest BCUT2D eigenvalue weighted by atomic mass is 10.1. The molecule has 1 aromatic rings. The lowest BCUT2D eigenvalue weighted by Gasteiger charge is -2.03. The lowest BCUT2D eigenvalue weighted by Crippen LogP contribution is -2.21. The zero-order chi connectivity index (χ0) is 10.8. The van der Waals surface area contributed by atoms with Crippen molar-refractivity contribution < 1.29 is 12.8 Å². The van der Waals surface area contributed by atoms with Crippen LogP contribution in [0.3, 0.4) is 0 Å². The monoisotopic (exact) mass is 217 g/mol. The molecule has 0 radical (unpaired) electrons. The fourth-order valence-corrected chi connectivity index (χ4v) is 1.39. The van der Waals surface area contributed by atoms with Crippen molar-refractivity contribution in [3.63, 3.8) is 0 Å². The number of rotatable bonds is 3. The quantitative estimate of drug-likeness (QED) is 0.826. The molecule has 78 valence electrons. The van der Waals surface area contributed by atoms with Crippen molar-refractivity contribution >= 4 is 10.0 Å². The first kappa shape index (κ1) is 11.1. The molecule has 0 spiro atoms. The Morgan fingerprint density at radius 2 is 2.07 bits per heavy atom. The molecule has 0 atom stereocenters. The van der Waals surface area contributed by atoms with Crippen LogP contribution in [0, 0.1) is 12.7 Å². The Morgan fingerprint density at radius 3 is 2.57 bits per heavy atom. The second-order valence-electron chi connectivity index (χ2n) is 3.18. The van der Waals surface area contributed by atoms with E-state index in [0.717, 1.165) is 6.26 Å². The van der Waals surface area contributed by atoms with Gasteiger partial charge in [-0.3, -0.25) is 0 Å². The van der Waals surface area contributed by atoms with Crippen molar-refractivity contribution in [2.24, 2.45) is 0 Å². The van der Waals surface area contributed by atoms with Gasteiger partial charge in [0, 0.05) is 6.54 Å². The van der Waals surface area contributed by atoms with E-state index in [9.17, 15) is 12.8 Å². The maximum absolute atomic E-state index is 13.0. The van der Waals surface area contributed by atoms with E-state index in [4.69, 9.17) is 0 Å². The molecule has 0 heterocycles. The molecule has 1 aromatic carbocycles. The van der Waals surface area contributed by atoms with E-state index < -0.39 is 10.0 Å². The molecule has 1 N–H and O–H groups in total. The van der Waals surface area contributed by atoms with Crippen LogP contribution in [0.25, 0.3) is 0 Å². The summed E-state index contributed by atoms with van der Waals surface area (Å²) in [6.45, 7) is 1.78. The third kappa shape index (κ3) is 3.43. The predicted molar refractivity (Wildman–Crippen MR) is 52.8 cm³/mol. The summed E-state index contributed by atoms with van der Waals surface area (Å²) >= 11 is 0. The molecule has 0 aliphatic heterocycles. The van der Waals surface area contributed by atoms with Gasteiger partial charge in [-0.15, -0.1) is 0 Å². The Balaban J connectivity index is 2.74. The second-order valence-corrected chi connectivity index (χ2v) is 5.01. The van der Waals surface area contributed by atoms with Gasteiger partial charge in [-0.25, -0.2) is 17.5 Å². The summed E-state index contributed by atoms with van der Waals surface area (Å²) < 4.78 is 36.8. The minimum Gasteiger partial charge on any atom is -0.213 e. The van der Waals surface area contributed by atoms with Gasteiger partial charge in [-0.2, -0.15) is 0 Å². The molecular formula is C9H12FNO2S. The molecule has 3 nitrogen and oxygen atoms in total. The molecular weight excluding hydrogens is 205 g/mol. The van der Waals surface area contributed by atoms with E-state index in [1.807, 2.05) is 0 Å². The molecule has 1 rings (SSSR count). The van der Waals surface area contributed by atoms with Gasteiger partial charge in [-0.1, -0.05) is 12.1 Å². The van der Waals surface area contributed by atoms with Crippen molar-refractivity contribution in [2.45, 2.75) is 13.5 Å². The minimum atomic E-state index is -3.22. The standard InChI is InChI=1S/C9H12FNO2S/c1-7-3-4-8(5-9(7)10)6-11-14(2,12)13/h3-5,11H,6H2,1-2H3. The summed E-state index contributed by atoms with van der Waals surface area (Å²) in [7, 11) is -3.22. The Kier molecular flexibility index (Phi) is 3.23. The fourth-order valence-electron chi connectivity index (χ4n) is 0.961. The first-order valence-electron chi connectivity index (χ1n) is 4.08. The first-order chi connectivity index (χ1) is 6.38. The summed E-state index contributed by atoms with van der Waals surface area (Å²) in [5, 5.41) is 0. The molecule has 0 bridgehead atoms. The van der Waals surface area contributed by atoms with Crippen molar-refractivity contribution in [3.05, 3.63) is 35.1 Å². The molecule has 0 unspecified atom stereocenters. The van der Waals surface area contributed by atoms with Crippen LogP contribution in [0.1, 0.15) is 11.1 Å². The highest BCUT2D eigenvalue weighted by Crippen LogP contribution is 2.08. The number of benzene rings is 1. The molecule has 0 aliphatic carbocycles. The van der Waals surface area contributed by atoms with Crippen molar-refractivity contribution in [1.82, 2.24) is 4.72 Å². The fraction of sp³-hybridized carbons (Fsp3) is 0.333. The van der Waals surface area contributed by atoms with E-state index in [1.165, 1.54) is 6.07 Å². The van der Waals surface area contributed by atoms with Gasteiger partial charge in [0.2, 0.25) is 10.0 Å². The van der Waals surface area contributed by atoms with Crippen molar-refractivity contribution in [1.29, 1.82) is 0 Å². The highest BCUT2D eigenvalue weighted by atomic mass is 32.2. The number of hydrogen-bond acceptors (Lipinski definition) is 2. The number of halogens is 1. The van der Waals surface area contributed by atoms with Crippen LogP contribution in [-0.2, 0) is 16.6 Å². The SMILES string of the molecule is Cc1ccc(CNS(C)(=O)=O)cc1F. The summed E-state index contributed by atoms with van der Waals surface area (Å²) in [4.78, 5) is 0. The smallest absolute Gasteiger partial charge is 0.209 e. The van der Waals surface area contributed by atoms with E-state index in [1.54, 1.807) is 19.1 Å². The number of aryl methyl sites for hydroxylation is 1. The van der Waals surface area contributed by atoms with Crippen molar-refractivity contribution in [2.75, 3.05) is 6.26 Å². The molecule has 0 amide bonds. The van der Waals surface area contributed by atoms with Gasteiger partial charge >= 0.3 is 0 Å². The summed E-state index contributed by atoms with van der Waals surface area (Å²) in [5.41, 5.74) is 1.16. The highest BCUT2D eigenvalue weighted by molar-refractivity contribution is 7.88. The second kappa shape index (κ2) is 4.06. The maximum atomic E-state index is 13.0. The van der Waals surface area contributed by atoms with Crippen LogP contribution >= 0.6 is 0 Å². The number of hydrogen-bond donors (Lipinski definition) is 1. The summed E-state index contributed by atoms with van der Waals surface area (Å²) in [5.74, 6) is -0.321. The zero-order valence-electron chi connectivity index (χ0n) is 8.04. The average Bonchev–Trinajstić information content (AvgIpc) is 2.06. The Morgan fingerprint density at radius 1 is 1.43 bits per heavy atom. The number of sulfonamides is 1. The molecule has 0 saturated carbocycles.